The van der Waals surface area contributed by atoms with Gasteiger partial charge in [0.15, 0.2) is 0 Å². The maximum Gasteiger partial charge on any atom is 0.255 e. The van der Waals surface area contributed by atoms with Gasteiger partial charge >= 0.3 is 0 Å². The van der Waals surface area contributed by atoms with Gasteiger partial charge in [-0.05, 0) is 35.2 Å². The van der Waals surface area contributed by atoms with E-state index in [0.29, 0.717) is 16.9 Å². The molecule has 0 unspecified atom stereocenters. The van der Waals surface area contributed by atoms with Gasteiger partial charge in [-0.1, -0.05) is 45.0 Å². The maximum atomic E-state index is 12.6. The second-order valence-electron chi connectivity index (χ2n) is 7.76. The smallest absolute Gasteiger partial charge is 0.255 e. The highest BCUT2D eigenvalue weighted by Gasteiger charge is 2.15. The molecule has 0 aromatic heterocycles. The first-order valence-electron chi connectivity index (χ1n) is 8.94. The average molecular weight is 403 g/mol. The number of carbonyl (C=O) groups is 2. The van der Waals surface area contributed by atoms with Crippen LogP contribution in [0.2, 0.25) is 0 Å². The second-order valence-corrected chi connectivity index (χ2v) is 10.0. The summed E-state index contributed by atoms with van der Waals surface area (Å²) in [6, 6.07) is 14.2. The predicted octanol–water partition coefficient (Wildman–Crippen LogP) is 3.61. The van der Waals surface area contributed by atoms with Crippen LogP contribution in [0.25, 0.3) is 0 Å². The fourth-order valence-corrected chi connectivity index (χ4v) is 3.06. The molecule has 2 aromatic rings. The first-order valence-corrected chi connectivity index (χ1v) is 11.0. The molecule has 0 heterocycles. The van der Waals surface area contributed by atoms with Crippen LogP contribution in [0.1, 0.15) is 43.1 Å². The summed E-state index contributed by atoms with van der Waals surface area (Å²) in [7, 11) is -3.22. The molecule has 2 rings (SSSR count). The highest BCUT2D eigenvalue weighted by molar-refractivity contribution is 7.90. The van der Waals surface area contributed by atoms with Crippen LogP contribution in [-0.2, 0) is 20.0 Å². The van der Waals surface area contributed by atoms with Crippen molar-refractivity contribution in [3.8, 4) is 0 Å². The summed E-state index contributed by atoms with van der Waals surface area (Å²) >= 11 is 0. The summed E-state index contributed by atoms with van der Waals surface area (Å²) in [5.74, 6) is -0.951. The molecule has 0 radical (unpaired) electrons. The predicted molar refractivity (Wildman–Crippen MR) is 112 cm³/mol. The number of hydrogen-bond acceptors (Lipinski definition) is 4. The van der Waals surface area contributed by atoms with Crippen LogP contribution in [0.15, 0.2) is 48.5 Å². The topological polar surface area (TPSA) is 92.3 Å². The van der Waals surface area contributed by atoms with E-state index < -0.39 is 15.7 Å². The third-order valence-corrected chi connectivity index (χ3v) is 5.11. The average Bonchev–Trinajstić information content (AvgIpc) is 2.60. The molecule has 0 aliphatic heterocycles. The molecular formula is C21H26N2O4S. The Morgan fingerprint density at radius 1 is 0.893 bits per heavy atom. The Hall–Kier alpha value is -2.67. The quantitative estimate of drug-likeness (QED) is 0.772. The van der Waals surface area contributed by atoms with E-state index in [2.05, 4.69) is 31.4 Å². The second kappa shape index (κ2) is 8.56. The van der Waals surface area contributed by atoms with Gasteiger partial charge in [0.2, 0.25) is 5.91 Å². The van der Waals surface area contributed by atoms with Gasteiger partial charge in [0.25, 0.3) is 5.91 Å². The summed E-state index contributed by atoms with van der Waals surface area (Å²) in [5, 5.41) is 5.44. The summed E-state index contributed by atoms with van der Waals surface area (Å²) in [6.45, 7) is 6.31. The van der Waals surface area contributed by atoms with Crippen molar-refractivity contribution in [3.05, 3.63) is 59.7 Å². The zero-order chi connectivity index (χ0) is 20.9. The molecule has 0 spiro atoms. The highest BCUT2D eigenvalue weighted by Crippen LogP contribution is 2.24. The maximum absolute atomic E-state index is 12.6. The number of anilines is 2. The van der Waals surface area contributed by atoms with Crippen molar-refractivity contribution in [1.82, 2.24) is 0 Å². The minimum atomic E-state index is -3.22. The van der Waals surface area contributed by atoms with Gasteiger partial charge < -0.3 is 10.6 Å². The van der Waals surface area contributed by atoms with Gasteiger partial charge in [0.1, 0.15) is 9.84 Å². The number of amides is 2. The van der Waals surface area contributed by atoms with Crippen LogP contribution < -0.4 is 10.6 Å². The molecule has 2 N–H and O–H groups in total. The lowest BCUT2D eigenvalue weighted by Gasteiger charge is -2.19. The van der Waals surface area contributed by atoms with Crippen LogP contribution in [0.4, 0.5) is 11.4 Å². The summed E-state index contributed by atoms with van der Waals surface area (Å²) < 4.78 is 22.4. The lowest BCUT2D eigenvalue weighted by molar-refractivity contribution is -0.115. The summed E-state index contributed by atoms with van der Waals surface area (Å²) in [6.07, 6.45) is 0.939. The van der Waals surface area contributed by atoms with Crippen molar-refractivity contribution in [1.29, 1.82) is 0 Å². The molecule has 150 valence electrons. The van der Waals surface area contributed by atoms with E-state index in [0.717, 1.165) is 11.8 Å². The SMILES string of the molecule is CC(C)(C)c1ccc(C(=O)Nc2ccccc2NC(=O)CCS(C)(=O)=O)cc1. The lowest BCUT2D eigenvalue weighted by atomic mass is 9.87. The Morgan fingerprint density at radius 2 is 1.43 bits per heavy atom. The normalized spacial score (nSPS) is 11.7. The van der Waals surface area contributed by atoms with E-state index >= 15 is 0 Å². The zero-order valence-electron chi connectivity index (χ0n) is 16.6. The third kappa shape index (κ3) is 6.49. The number of carbonyl (C=O) groups excluding carboxylic acids is 2. The van der Waals surface area contributed by atoms with Crippen LogP contribution in [-0.4, -0.2) is 32.2 Å². The number of sulfone groups is 1. The van der Waals surface area contributed by atoms with E-state index in [1.165, 1.54) is 0 Å². The van der Waals surface area contributed by atoms with Crippen molar-refractivity contribution in [2.24, 2.45) is 0 Å². The van der Waals surface area contributed by atoms with Gasteiger partial charge in [-0.3, -0.25) is 9.59 Å². The number of nitrogens with one attached hydrogen (secondary N) is 2. The van der Waals surface area contributed by atoms with Crippen molar-refractivity contribution in [2.45, 2.75) is 32.6 Å². The summed E-state index contributed by atoms with van der Waals surface area (Å²) in [5.41, 5.74) is 2.49. The van der Waals surface area contributed by atoms with Gasteiger partial charge in [-0.15, -0.1) is 0 Å². The van der Waals surface area contributed by atoms with Gasteiger partial charge in [-0.2, -0.15) is 0 Å². The van der Waals surface area contributed by atoms with E-state index in [1.54, 1.807) is 36.4 Å². The van der Waals surface area contributed by atoms with Crippen molar-refractivity contribution in [3.63, 3.8) is 0 Å². The minimum Gasteiger partial charge on any atom is -0.324 e. The fraction of sp³-hybridized carbons (Fsp3) is 0.333. The number of benzene rings is 2. The van der Waals surface area contributed by atoms with Crippen molar-refractivity contribution < 1.29 is 18.0 Å². The molecule has 0 fully saturated rings. The summed E-state index contributed by atoms with van der Waals surface area (Å²) in [4.78, 5) is 24.6. The Morgan fingerprint density at radius 3 is 1.93 bits per heavy atom. The van der Waals surface area contributed by atoms with E-state index in [9.17, 15) is 18.0 Å². The molecule has 2 aromatic carbocycles. The van der Waals surface area contributed by atoms with Gasteiger partial charge in [0, 0.05) is 18.2 Å². The molecule has 2 amide bonds. The first-order chi connectivity index (χ1) is 13.0. The van der Waals surface area contributed by atoms with Gasteiger partial charge in [0.05, 0.1) is 17.1 Å². The third-order valence-electron chi connectivity index (χ3n) is 4.16. The molecule has 0 aliphatic carbocycles. The molecule has 0 atom stereocenters. The first kappa shape index (κ1) is 21.6. The fourth-order valence-electron chi connectivity index (χ4n) is 2.51. The monoisotopic (exact) mass is 402 g/mol. The standard InChI is InChI=1S/C21H26N2O4S/c1-21(2,3)16-11-9-15(10-12-16)20(25)23-18-8-6-5-7-17(18)22-19(24)13-14-28(4,26)27/h5-12H,13-14H2,1-4H3,(H,22,24)(H,23,25). The molecule has 0 aliphatic rings. The highest BCUT2D eigenvalue weighted by atomic mass is 32.2. The molecule has 6 nitrogen and oxygen atoms in total. The van der Waals surface area contributed by atoms with Gasteiger partial charge in [-0.25, -0.2) is 8.42 Å². The number of rotatable bonds is 6. The van der Waals surface area contributed by atoms with Crippen LogP contribution in [0.5, 0.6) is 0 Å². The van der Waals surface area contributed by atoms with E-state index in [4.69, 9.17) is 0 Å². The van der Waals surface area contributed by atoms with E-state index in [1.807, 2.05) is 12.1 Å². The number of hydrogen-bond donors (Lipinski definition) is 2. The largest absolute Gasteiger partial charge is 0.324 e. The Bertz CT molecular complexity index is 959. The van der Waals surface area contributed by atoms with Crippen LogP contribution in [0, 0.1) is 0 Å². The molecule has 0 saturated carbocycles. The minimum absolute atomic E-state index is 0.00213. The van der Waals surface area contributed by atoms with Crippen molar-refractivity contribution >= 4 is 33.0 Å². The molecule has 28 heavy (non-hydrogen) atoms. The molecule has 0 saturated heterocycles. The lowest BCUT2D eigenvalue weighted by Crippen LogP contribution is -2.19. The van der Waals surface area contributed by atoms with Crippen molar-refractivity contribution in [2.75, 3.05) is 22.6 Å². The molecular weight excluding hydrogens is 376 g/mol. The van der Waals surface area contributed by atoms with E-state index in [-0.39, 0.29) is 23.5 Å². The Balaban J connectivity index is 2.10. The Labute approximate surface area is 166 Å². The molecule has 7 heteroatoms. The number of para-hydroxylation sites is 2. The zero-order valence-corrected chi connectivity index (χ0v) is 17.4. The van der Waals surface area contributed by atoms with Crippen LogP contribution >= 0.6 is 0 Å². The van der Waals surface area contributed by atoms with Crippen LogP contribution in [0.3, 0.4) is 0 Å². The Kier molecular flexibility index (Phi) is 6.61. The molecule has 0 bridgehead atoms.